The van der Waals surface area contributed by atoms with Gasteiger partial charge in [-0.2, -0.15) is 0 Å². The smallest absolute Gasteiger partial charge is 0.329 e. The molecule has 2 heterocycles. The Morgan fingerprint density at radius 3 is 2.76 bits per heavy atom. The number of nitrogens with zero attached hydrogens (tertiary/aromatic N) is 1. The average Bonchev–Trinajstić information content (AvgIpc) is 3.17. The number of para-hydroxylation sites is 1. The van der Waals surface area contributed by atoms with Gasteiger partial charge in [0.25, 0.3) is 0 Å². The van der Waals surface area contributed by atoms with Gasteiger partial charge in [0.15, 0.2) is 0 Å². The number of ether oxygens (including phenoxy) is 1. The van der Waals surface area contributed by atoms with Crippen LogP contribution >= 0.6 is 0 Å². The molecule has 0 aliphatic carbocycles. The second-order valence-corrected chi connectivity index (χ2v) is 7.84. The number of carbonyl (C=O) groups excluding carboxylic acids is 2. The standard InChI is InChI=1S/C20H25NO4/c1-20(2,3)12-18(22)21-10-6-8-16(21)19(23)24-13-15-11-14-7-4-5-9-17(14)25-15/h4-5,7,9,11,16H,6,8,10,12-13H2,1-3H3. The van der Waals surface area contributed by atoms with Crippen molar-refractivity contribution in [2.75, 3.05) is 6.54 Å². The Bertz CT molecular complexity index is 738. The van der Waals surface area contributed by atoms with E-state index in [0.717, 1.165) is 17.4 Å². The van der Waals surface area contributed by atoms with Crippen molar-refractivity contribution in [3.8, 4) is 0 Å². The predicted octanol–water partition coefficient (Wildman–Crippen LogP) is 3.90. The Hall–Kier alpha value is -2.30. The summed E-state index contributed by atoms with van der Waals surface area (Å²) >= 11 is 0. The molecule has 1 aromatic heterocycles. The second-order valence-electron chi connectivity index (χ2n) is 7.84. The molecule has 0 bridgehead atoms. The largest absolute Gasteiger partial charge is 0.457 e. The molecule has 2 aromatic rings. The van der Waals surface area contributed by atoms with Crippen molar-refractivity contribution in [1.29, 1.82) is 0 Å². The van der Waals surface area contributed by atoms with E-state index in [-0.39, 0.29) is 23.9 Å². The molecule has 0 N–H and O–H groups in total. The Morgan fingerprint density at radius 1 is 1.28 bits per heavy atom. The van der Waals surface area contributed by atoms with Crippen LogP contribution in [-0.2, 0) is 20.9 Å². The van der Waals surface area contributed by atoms with Gasteiger partial charge in [0, 0.05) is 18.4 Å². The van der Waals surface area contributed by atoms with Gasteiger partial charge in [-0.05, 0) is 30.4 Å². The molecule has 1 fully saturated rings. The predicted molar refractivity (Wildman–Crippen MR) is 94.8 cm³/mol. The molecule has 1 aliphatic heterocycles. The first kappa shape index (κ1) is 17.5. The number of fused-ring (bicyclic) bond motifs is 1. The lowest BCUT2D eigenvalue weighted by atomic mass is 9.91. The third kappa shape index (κ3) is 4.21. The molecule has 1 aliphatic rings. The van der Waals surface area contributed by atoms with Crippen molar-refractivity contribution < 1.29 is 18.7 Å². The Morgan fingerprint density at radius 2 is 2.04 bits per heavy atom. The highest BCUT2D eigenvalue weighted by Crippen LogP contribution is 2.26. The Balaban J connectivity index is 1.60. The van der Waals surface area contributed by atoms with Gasteiger partial charge in [-0.25, -0.2) is 4.79 Å². The van der Waals surface area contributed by atoms with Crippen LogP contribution in [0.3, 0.4) is 0 Å². The van der Waals surface area contributed by atoms with E-state index >= 15 is 0 Å². The van der Waals surface area contributed by atoms with E-state index in [9.17, 15) is 9.59 Å². The van der Waals surface area contributed by atoms with Crippen LogP contribution in [0.25, 0.3) is 11.0 Å². The van der Waals surface area contributed by atoms with Crippen LogP contribution in [0.2, 0.25) is 0 Å². The van der Waals surface area contributed by atoms with Crippen molar-refractivity contribution in [1.82, 2.24) is 4.90 Å². The van der Waals surface area contributed by atoms with Crippen LogP contribution in [0.5, 0.6) is 0 Å². The summed E-state index contributed by atoms with van der Waals surface area (Å²) in [6, 6.07) is 9.07. The third-order valence-corrected chi connectivity index (χ3v) is 4.36. The zero-order valence-electron chi connectivity index (χ0n) is 15.1. The minimum absolute atomic E-state index is 0.0238. The molecule has 25 heavy (non-hydrogen) atoms. The molecular weight excluding hydrogens is 318 g/mol. The van der Waals surface area contributed by atoms with E-state index in [0.29, 0.717) is 25.1 Å². The minimum Gasteiger partial charge on any atom is -0.457 e. The van der Waals surface area contributed by atoms with Crippen LogP contribution in [0, 0.1) is 5.41 Å². The van der Waals surface area contributed by atoms with Crippen molar-refractivity contribution in [3.05, 3.63) is 36.1 Å². The zero-order valence-corrected chi connectivity index (χ0v) is 15.1. The highest BCUT2D eigenvalue weighted by Gasteiger charge is 2.36. The summed E-state index contributed by atoms with van der Waals surface area (Å²) in [7, 11) is 0. The van der Waals surface area contributed by atoms with Gasteiger partial charge in [0.1, 0.15) is 24.0 Å². The third-order valence-electron chi connectivity index (χ3n) is 4.36. The maximum Gasteiger partial charge on any atom is 0.329 e. The molecule has 0 saturated carbocycles. The first-order chi connectivity index (χ1) is 11.8. The van der Waals surface area contributed by atoms with Gasteiger partial charge in [-0.1, -0.05) is 39.0 Å². The molecule has 0 spiro atoms. The number of amides is 1. The monoisotopic (exact) mass is 343 g/mol. The fourth-order valence-electron chi connectivity index (χ4n) is 3.21. The number of carbonyl (C=O) groups is 2. The maximum absolute atomic E-state index is 12.5. The quantitative estimate of drug-likeness (QED) is 0.790. The van der Waals surface area contributed by atoms with Gasteiger partial charge in [-0.15, -0.1) is 0 Å². The van der Waals surface area contributed by atoms with E-state index in [4.69, 9.17) is 9.15 Å². The fraction of sp³-hybridized carbons (Fsp3) is 0.500. The molecule has 0 radical (unpaired) electrons. The molecule has 3 rings (SSSR count). The first-order valence-electron chi connectivity index (χ1n) is 8.77. The molecular formula is C20H25NO4. The number of likely N-dealkylation sites (tertiary alicyclic amines) is 1. The summed E-state index contributed by atoms with van der Waals surface area (Å²) in [4.78, 5) is 26.6. The Kier molecular flexibility index (Phi) is 4.84. The normalized spacial score (nSPS) is 17.9. The summed E-state index contributed by atoms with van der Waals surface area (Å²) in [5.41, 5.74) is 0.680. The summed E-state index contributed by atoms with van der Waals surface area (Å²) < 4.78 is 11.1. The minimum atomic E-state index is -0.473. The van der Waals surface area contributed by atoms with E-state index in [1.807, 2.05) is 51.1 Å². The highest BCUT2D eigenvalue weighted by atomic mass is 16.5. The molecule has 1 amide bonds. The molecule has 1 aromatic carbocycles. The van der Waals surface area contributed by atoms with Crippen molar-refractivity contribution in [2.45, 2.75) is 52.7 Å². The van der Waals surface area contributed by atoms with Gasteiger partial charge >= 0.3 is 5.97 Å². The van der Waals surface area contributed by atoms with Crippen LogP contribution < -0.4 is 0 Å². The molecule has 5 heteroatoms. The lowest BCUT2D eigenvalue weighted by Crippen LogP contribution is -2.42. The van der Waals surface area contributed by atoms with Crippen LogP contribution in [0.4, 0.5) is 0 Å². The SMILES string of the molecule is CC(C)(C)CC(=O)N1CCCC1C(=O)OCc1cc2ccccc2o1. The molecule has 1 unspecified atom stereocenters. The molecule has 134 valence electrons. The van der Waals surface area contributed by atoms with Gasteiger partial charge in [0.05, 0.1) is 0 Å². The topological polar surface area (TPSA) is 59.8 Å². The van der Waals surface area contributed by atoms with Crippen LogP contribution in [0.15, 0.2) is 34.7 Å². The van der Waals surface area contributed by atoms with Gasteiger partial charge in [0.2, 0.25) is 5.91 Å². The summed E-state index contributed by atoms with van der Waals surface area (Å²) in [6.45, 7) is 6.78. The molecule has 1 atom stereocenters. The number of hydrogen-bond acceptors (Lipinski definition) is 4. The number of hydrogen-bond donors (Lipinski definition) is 0. The zero-order chi connectivity index (χ0) is 18.0. The van der Waals surface area contributed by atoms with E-state index < -0.39 is 6.04 Å². The Labute approximate surface area is 147 Å². The summed E-state index contributed by atoms with van der Waals surface area (Å²) in [6.07, 6.45) is 1.93. The lowest BCUT2D eigenvalue weighted by Gasteiger charge is -2.26. The number of esters is 1. The van der Waals surface area contributed by atoms with Crippen molar-refractivity contribution >= 4 is 22.8 Å². The lowest BCUT2D eigenvalue weighted by molar-refractivity contribution is -0.155. The van der Waals surface area contributed by atoms with Gasteiger partial charge in [-0.3, -0.25) is 4.79 Å². The first-order valence-corrected chi connectivity index (χ1v) is 8.77. The average molecular weight is 343 g/mol. The molecule has 5 nitrogen and oxygen atoms in total. The van der Waals surface area contributed by atoms with Crippen molar-refractivity contribution in [2.24, 2.45) is 5.41 Å². The van der Waals surface area contributed by atoms with E-state index in [1.165, 1.54) is 0 Å². The van der Waals surface area contributed by atoms with E-state index in [2.05, 4.69) is 0 Å². The summed E-state index contributed by atoms with van der Waals surface area (Å²) in [5.74, 6) is 0.288. The number of furan rings is 1. The maximum atomic E-state index is 12.5. The van der Waals surface area contributed by atoms with Crippen LogP contribution in [-0.4, -0.2) is 29.4 Å². The van der Waals surface area contributed by atoms with Gasteiger partial charge < -0.3 is 14.1 Å². The van der Waals surface area contributed by atoms with Crippen LogP contribution in [0.1, 0.15) is 45.8 Å². The second kappa shape index (κ2) is 6.90. The fourth-order valence-corrected chi connectivity index (χ4v) is 3.21. The van der Waals surface area contributed by atoms with Crippen molar-refractivity contribution in [3.63, 3.8) is 0 Å². The molecule has 1 saturated heterocycles. The number of benzene rings is 1. The highest BCUT2D eigenvalue weighted by molar-refractivity contribution is 5.85. The summed E-state index contributed by atoms with van der Waals surface area (Å²) in [5, 5.41) is 0.983. The number of rotatable bonds is 4. The van der Waals surface area contributed by atoms with E-state index in [1.54, 1.807) is 4.90 Å².